The normalized spacial score (nSPS) is 12.4. The van der Waals surface area contributed by atoms with E-state index in [1.807, 2.05) is 24.3 Å². The predicted molar refractivity (Wildman–Crippen MR) is 83.8 cm³/mol. The largest absolute Gasteiger partial charge is 0.493 e. The highest BCUT2D eigenvalue weighted by Crippen LogP contribution is 2.26. The van der Waals surface area contributed by atoms with Crippen LogP contribution in [0.3, 0.4) is 0 Å². The summed E-state index contributed by atoms with van der Waals surface area (Å²) in [6.45, 7) is 1.76. The maximum atomic E-state index is 8.82. The Kier molecular flexibility index (Phi) is 3.79. The average molecular weight is 278 g/mol. The first-order valence-corrected chi connectivity index (χ1v) is 7.22. The highest BCUT2D eigenvalue weighted by Gasteiger charge is 2.12. The molecule has 0 fully saturated rings. The number of rotatable bonds is 4. The third kappa shape index (κ3) is 3.00. The minimum absolute atomic E-state index is 0.700. The lowest BCUT2D eigenvalue weighted by Gasteiger charge is -2.19. The van der Waals surface area contributed by atoms with Crippen molar-refractivity contribution in [1.29, 1.82) is 5.26 Å². The fourth-order valence-corrected chi connectivity index (χ4v) is 2.61. The highest BCUT2D eigenvalue weighted by atomic mass is 16.5. The Morgan fingerprint density at radius 1 is 1.19 bits per heavy atom. The van der Waals surface area contributed by atoms with Crippen LogP contribution in [0.5, 0.6) is 5.75 Å². The minimum atomic E-state index is 0.700. The van der Waals surface area contributed by atoms with Gasteiger partial charge in [-0.15, -0.1) is 0 Å². The lowest BCUT2D eigenvalue weighted by molar-refractivity contribution is 0.357. The number of fused-ring (bicyclic) bond motifs is 1. The maximum absolute atomic E-state index is 8.82. The van der Waals surface area contributed by atoms with Crippen molar-refractivity contribution >= 4 is 5.69 Å². The predicted octanol–water partition coefficient (Wildman–Crippen LogP) is 3.17. The summed E-state index contributed by atoms with van der Waals surface area (Å²) in [5.74, 6) is 1.04. The van der Waals surface area contributed by atoms with E-state index in [9.17, 15) is 0 Å². The molecule has 21 heavy (non-hydrogen) atoms. The van der Waals surface area contributed by atoms with Crippen LogP contribution in [0.4, 0.5) is 5.69 Å². The Labute approximate surface area is 125 Å². The number of benzene rings is 2. The first-order chi connectivity index (χ1) is 10.3. The first-order valence-electron chi connectivity index (χ1n) is 7.22. The molecule has 0 bridgehead atoms. The number of ether oxygens (including phenoxy) is 1. The second-order valence-electron chi connectivity index (χ2n) is 5.37. The van der Waals surface area contributed by atoms with Crippen LogP contribution in [0.25, 0.3) is 0 Å². The van der Waals surface area contributed by atoms with Gasteiger partial charge in [0.25, 0.3) is 0 Å². The van der Waals surface area contributed by atoms with Gasteiger partial charge >= 0.3 is 0 Å². The van der Waals surface area contributed by atoms with Gasteiger partial charge in [-0.2, -0.15) is 5.26 Å². The van der Waals surface area contributed by atoms with E-state index in [1.165, 1.54) is 11.1 Å². The minimum Gasteiger partial charge on any atom is -0.493 e. The molecule has 3 nitrogen and oxygen atoms in total. The number of hydrogen-bond acceptors (Lipinski definition) is 3. The van der Waals surface area contributed by atoms with Crippen LogP contribution in [0.1, 0.15) is 16.7 Å². The van der Waals surface area contributed by atoms with Crippen LogP contribution >= 0.6 is 0 Å². The smallest absolute Gasteiger partial charge is 0.122 e. The molecule has 1 aliphatic heterocycles. The van der Waals surface area contributed by atoms with Gasteiger partial charge in [-0.05, 0) is 47.9 Å². The van der Waals surface area contributed by atoms with Crippen LogP contribution in [0.2, 0.25) is 0 Å². The number of hydrogen-bond donors (Lipinski definition) is 0. The van der Waals surface area contributed by atoms with Crippen LogP contribution in [0, 0.1) is 11.3 Å². The fraction of sp³-hybridized carbons (Fsp3) is 0.278. The Balaban J connectivity index is 1.62. The van der Waals surface area contributed by atoms with Crippen molar-refractivity contribution in [3.63, 3.8) is 0 Å². The van der Waals surface area contributed by atoms with E-state index < -0.39 is 0 Å². The van der Waals surface area contributed by atoms with Gasteiger partial charge in [0.05, 0.1) is 18.2 Å². The quantitative estimate of drug-likeness (QED) is 0.862. The van der Waals surface area contributed by atoms with Crippen LogP contribution in [-0.2, 0) is 12.8 Å². The second kappa shape index (κ2) is 5.88. The Hall–Kier alpha value is -2.47. The Morgan fingerprint density at radius 3 is 2.76 bits per heavy atom. The Morgan fingerprint density at radius 2 is 2.00 bits per heavy atom. The molecule has 1 heterocycles. The van der Waals surface area contributed by atoms with Gasteiger partial charge in [-0.25, -0.2) is 0 Å². The summed E-state index contributed by atoms with van der Waals surface area (Å²) in [7, 11) is 2.08. The van der Waals surface area contributed by atoms with Gasteiger partial charge < -0.3 is 9.64 Å². The summed E-state index contributed by atoms with van der Waals surface area (Å²) in [5.41, 5.74) is 4.51. The summed E-state index contributed by atoms with van der Waals surface area (Å²) in [6.07, 6.45) is 2.03. The molecule has 0 atom stereocenters. The van der Waals surface area contributed by atoms with Gasteiger partial charge in [0.1, 0.15) is 5.75 Å². The van der Waals surface area contributed by atoms with Gasteiger partial charge in [-0.3, -0.25) is 0 Å². The highest BCUT2D eigenvalue weighted by molar-refractivity contribution is 5.49. The number of anilines is 1. The summed E-state index contributed by atoms with van der Waals surface area (Å²) in [6, 6.07) is 16.3. The standard InChI is InChI=1S/C18H18N2O/c1-20(17-5-2-15(13-19)3-6-17)10-8-14-4-7-18-16(12-14)9-11-21-18/h2-7,12H,8-11H2,1H3. The van der Waals surface area contributed by atoms with Crippen molar-refractivity contribution < 1.29 is 4.74 Å². The second-order valence-corrected chi connectivity index (χ2v) is 5.37. The SMILES string of the molecule is CN(CCc1ccc2c(c1)CCO2)c1ccc(C#N)cc1. The van der Waals surface area contributed by atoms with E-state index in [0.717, 1.165) is 37.4 Å². The molecule has 3 heteroatoms. The fourth-order valence-electron chi connectivity index (χ4n) is 2.61. The van der Waals surface area contributed by atoms with Crippen molar-refractivity contribution in [1.82, 2.24) is 0 Å². The molecule has 0 saturated carbocycles. The molecule has 0 amide bonds. The Bertz CT molecular complexity index is 671. The van der Waals surface area contributed by atoms with E-state index in [2.05, 4.69) is 36.2 Å². The topological polar surface area (TPSA) is 36.3 Å². The molecule has 0 spiro atoms. The van der Waals surface area contributed by atoms with E-state index in [1.54, 1.807) is 0 Å². The molecule has 0 aliphatic carbocycles. The van der Waals surface area contributed by atoms with Crippen molar-refractivity contribution in [2.45, 2.75) is 12.8 Å². The van der Waals surface area contributed by atoms with Gasteiger partial charge in [0.15, 0.2) is 0 Å². The van der Waals surface area contributed by atoms with E-state index in [-0.39, 0.29) is 0 Å². The molecule has 106 valence electrons. The molecule has 2 aromatic carbocycles. The molecule has 0 saturated heterocycles. The molecule has 0 unspecified atom stereocenters. The third-order valence-corrected chi connectivity index (χ3v) is 3.93. The van der Waals surface area contributed by atoms with Crippen LogP contribution in [0.15, 0.2) is 42.5 Å². The average Bonchev–Trinajstić information content (AvgIpc) is 3.00. The molecule has 0 aromatic heterocycles. The van der Waals surface area contributed by atoms with Crippen molar-refractivity contribution in [3.8, 4) is 11.8 Å². The number of nitrogens with zero attached hydrogens (tertiary/aromatic N) is 2. The van der Waals surface area contributed by atoms with Crippen LogP contribution < -0.4 is 9.64 Å². The summed E-state index contributed by atoms with van der Waals surface area (Å²) < 4.78 is 5.53. The summed E-state index contributed by atoms with van der Waals surface area (Å²) in [4.78, 5) is 2.21. The van der Waals surface area contributed by atoms with E-state index >= 15 is 0 Å². The maximum Gasteiger partial charge on any atom is 0.122 e. The lowest BCUT2D eigenvalue weighted by atomic mass is 10.1. The molecule has 1 aliphatic rings. The van der Waals surface area contributed by atoms with Gasteiger partial charge in [0.2, 0.25) is 0 Å². The molecule has 3 rings (SSSR count). The molecule has 2 aromatic rings. The zero-order valence-electron chi connectivity index (χ0n) is 12.2. The van der Waals surface area contributed by atoms with E-state index in [0.29, 0.717) is 5.56 Å². The lowest BCUT2D eigenvalue weighted by Crippen LogP contribution is -2.20. The summed E-state index contributed by atoms with van der Waals surface area (Å²) >= 11 is 0. The molecule has 0 radical (unpaired) electrons. The third-order valence-electron chi connectivity index (χ3n) is 3.93. The monoisotopic (exact) mass is 278 g/mol. The van der Waals surface area contributed by atoms with Crippen molar-refractivity contribution in [2.75, 3.05) is 25.1 Å². The zero-order valence-corrected chi connectivity index (χ0v) is 12.2. The van der Waals surface area contributed by atoms with E-state index in [4.69, 9.17) is 10.00 Å². The number of likely N-dealkylation sites (N-methyl/N-ethyl adjacent to an activating group) is 1. The van der Waals surface area contributed by atoms with Gasteiger partial charge in [-0.1, -0.05) is 12.1 Å². The van der Waals surface area contributed by atoms with Gasteiger partial charge in [0, 0.05) is 25.7 Å². The summed E-state index contributed by atoms with van der Waals surface area (Å²) in [5, 5.41) is 8.82. The van der Waals surface area contributed by atoms with Crippen molar-refractivity contribution in [2.24, 2.45) is 0 Å². The number of nitriles is 1. The molecule has 0 N–H and O–H groups in total. The molecular formula is C18H18N2O. The first kappa shape index (κ1) is 13.5. The zero-order chi connectivity index (χ0) is 14.7. The van der Waals surface area contributed by atoms with Crippen LogP contribution in [-0.4, -0.2) is 20.2 Å². The van der Waals surface area contributed by atoms with Crippen molar-refractivity contribution in [3.05, 3.63) is 59.2 Å². The molecular weight excluding hydrogens is 260 g/mol.